The highest BCUT2D eigenvalue weighted by atomic mass is 16.6. The SMILES string of the molecule is CCc1cccc(NC(=O)C2=C(C)C(=O)OC23CCCCC3)c1. The Labute approximate surface area is 136 Å². The average Bonchev–Trinajstić information content (AvgIpc) is 2.78. The van der Waals surface area contributed by atoms with Gasteiger partial charge in [-0.05, 0) is 56.7 Å². The van der Waals surface area contributed by atoms with Gasteiger partial charge in [0.1, 0.15) is 5.60 Å². The minimum absolute atomic E-state index is 0.205. The van der Waals surface area contributed by atoms with Crippen molar-refractivity contribution in [2.45, 2.75) is 58.0 Å². The van der Waals surface area contributed by atoms with Crippen molar-refractivity contribution in [2.24, 2.45) is 0 Å². The van der Waals surface area contributed by atoms with Crippen LogP contribution in [-0.2, 0) is 20.7 Å². The molecule has 3 rings (SSSR count). The van der Waals surface area contributed by atoms with Crippen molar-refractivity contribution < 1.29 is 14.3 Å². The fourth-order valence-electron chi connectivity index (χ4n) is 3.66. The lowest BCUT2D eigenvalue weighted by molar-refractivity contribution is -0.149. The van der Waals surface area contributed by atoms with Crippen molar-refractivity contribution in [3.05, 3.63) is 41.0 Å². The Morgan fingerprint density at radius 3 is 2.70 bits per heavy atom. The smallest absolute Gasteiger partial charge is 0.335 e. The minimum atomic E-state index is -0.703. The number of rotatable bonds is 3. The molecule has 2 aliphatic rings. The summed E-state index contributed by atoms with van der Waals surface area (Å²) in [6, 6.07) is 7.81. The summed E-state index contributed by atoms with van der Waals surface area (Å²) in [7, 11) is 0. The number of aryl methyl sites for hydroxylation is 1. The second-order valence-corrected chi connectivity index (χ2v) is 6.45. The van der Waals surface area contributed by atoms with Crippen LogP contribution < -0.4 is 5.32 Å². The van der Waals surface area contributed by atoms with Crippen molar-refractivity contribution in [1.29, 1.82) is 0 Å². The van der Waals surface area contributed by atoms with Gasteiger partial charge in [0.15, 0.2) is 0 Å². The van der Waals surface area contributed by atoms with Gasteiger partial charge in [0.2, 0.25) is 0 Å². The lowest BCUT2D eigenvalue weighted by atomic mass is 9.78. The van der Waals surface area contributed by atoms with Crippen molar-refractivity contribution in [3.63, 3.8) is 0 Å². The normalized spacial score (nSPS) is 19.8. The van der Waals surface area contributed by atoms with E-state index in [1.807, 2.05) is 24.3 Å². The fourth-order valence-corrected chi connectivity index (χ4v) is 3.66. The van der Waals surface area contributed by atoms with E-state index in [0.29, 0.717) is 11.1 Å². The number of benzene rings is 1. The van der Waals surface area contributed by atoms with Crippen LogP contribution in [0.5, 0.6) is 0 Å². The Kier molecular flexibility index (Phi) is 4.24. The van der Waals surface area contributed by atoms with Gasteiger partial charge in [-0.25, -0.2) is 4.79 Å². The number of hydrogen-bond donors (Lipinski definition) is 1. The number of carbonyl (C=O) groups is 2. The Morgan fingerprint density at radius 1 is 1.26 bits per heavy atom. The maximum atomic E-state index is 12.8. The largest absolute Gasteiger partial charge is 0.451 e. The number of ether oxygens (including phenoxy) is 1. The number of esters is 1. The quantitative estimate of drug-likeness (QED) is 0.864. The van der Waals surface area contributed by atoms with Gasteiger partial charge in [0.05, 0.1) is 5.57 Å². The molecular formula is C19H23NO3. The second kappa shape index (κ2) is 6.19. The predicted molar refractivity (Wildman–Crippen MR) is 89.1 cm³/mol. The van der Waals surface area contributed by atoms with E-state index in [4.69, 9.17) is 4.74 Å². The second-order valence-electron chi connectivity index (χ2n) is 6.45. The number of amides is 1. The summed E-state index contributed by atoms with van der Waals surface area (Å²) in [5.74, 6) is -0.553. The zero-order valence-corrected chi connectivity index (χ0v) is 13.8. The third-order valence-corrected chi connectivity index (χ3v) is 4.91. The highest BCUT2D eigenvalue weighted by Gasteiger charge is 2.49. The zero-order chi connectivity index (χ0) is 16.4. The molecule has 0 radical (unpaired) electrons. The van der Waals surface area contributed by atoms with Gasteiger partial charge < -0.3 is 10.1 Å². The molecule has 1 aromatic rings. The zero-order valence-electron chi connectivity index (χ0n) is 13.8. The lowest BCUT2D eigenvalue weighted by Crippen LogP contribution is -2.39. The van der Waals surface area contributed by atoms with Gasteiger partial charge in [-0.1, -0.05) is 25.5 Å². The van der Waals surface area contributed by atoms with Crippen LogP contribution in [-0.4, -0.2) is 17.5 Å². The molecule has 0 saturated heterocycles. The molecule has 1 spiro atoms. The Balaban J connectivity index is 1.88. The van der Waals surface area contributed by atoms with E-state index in [1.165, 1.54) is 5.56 Å². The Morgan fingerprint density at radius 2 is 2.00 bits per heavy atom. The summed E-state index contributed by atoms with van der Waals surface area (Å²) < 4.78 is 5.64. The molecule has 0 atom stereocenters. The number of hydrogen-bond acceptors (Lipinski definition) is 3. The molecule has 0 unspecified atom stereocenters. The van der Waals surface area contributed by atoms with Crippen molar-refractivity contribution in [2.75, 3.05) is 5.32 Å². The molecule has 1 N–H and O–H groups in total. The van der Waals surface area contributed by atoms with Gasteiger partial charge in [0.25, 0.3) is 5.91 Å². The van der Waals surface area contributed by atoms with Crippen LogP contribution in [0.15, 0.2) is 35.4 Å². The van der Waals surface area contributed by atoms with Crippen molar-refractivity contribution >= 4 is 17.6 Å². The van der Waals surface area contributed by atoms with E-state index in [0.717, 1.165) is 44.2 Å². The fraction of sp³-hybridized carbons (Fsp3) is 0.474. The van der Waals surface area contributed by atoms with E-state index in [1.54, 1.807) is 6.92 Å². The van der Waals surface area contributed by atoms with Gasteiger partial charge in [-0.3, -0.25) is 4.79 Å². The van der Waals surface area contributed by atoms with Crippen molar-refractivity contribution in [1.82, 2.24) is 0 Å². The molecule has 23 heavy (non-hydrogen) atoms. The molecule has 1 fully saturated rings. The summed E-state index contributed by atoms with van der Waals surface area (Å²) >= 11 is 0. The molecule has 1 saturated carbocycles. The van der Waals surface area contributed by atoms with Gasteiger partial charge in [-0.2, -0.15) is 0 Å². The third-order valence-electron chi connectivity index (χ3n) is 4.91. The molecule has 122 valence electrons. The molecule has 1 heterocycles. The van der Waals surface area contributed by atoms with E-state index < -0.39 is 5.60 Å². The maximum Gasteiger partial charge on any atom is 0.335 e. The summed E-state index contributed by atoms with van der Waals surface area (Å²) in [5.41, 5.74) is 2.21. The summed E-state index contributed by atoms with van der Waals surface area (Å²) in [4.78, 5) is 24.9. The highest BCUT2D eigenvalue weighted by Crippen LogP contribution is 2.44. The molecule has 0 bridgehead atoms. The van der Waals surface area contributed by atoms with Gasteiger partial charge >= 0.3 is 5.97 Å². The van der Waals surface area contributed by atoms with E-state index in [9.17, 15) is 9.59 Å². The van der Waals surface area contributed by atoms with Crippen LogP contribution in [0.1, 0.15) is 51.5 Å². The molecule has 0 aromatic heterocycles. The molecule has 1 aliphatic heterocycles. The van der Waals surface area contributed by atoms with Crippen molar-refractivity contribution in [3.8, 4) is 0 Å². The molecule has 4 nitrogen and oxygen atoms in total. The standard InChI is InChI=1S/C19H23NO3/c1-3-14-8-7-9-15(12-14)20-17(21)16-13(2)18(22)23-19(16)10-5-4-6-11-19/h7-9,12H,3-6,10-11H2,1-2H3,(H,20,21). The summed E-state index contributed by atoms with van der Waals surface area (Å²) in [6.07, 6.45) is 5.51. The van der Waals surface area contributed by atoms with Crippen LogP contribution in [0.2, 0.25) is 0 Å². The molecule has 4 heteroatoms. The van der Waals surface area contributed by atoms with Gasteiger partial charge in [-0.15, -0.1) is 0 Å². The average molecular weight is 313 g/mol. The first kappa shape index (κ1) is 15.8. The van der Waals surface area contributed by atoms with Crippen LogP contribution >= 0.6 is 0 Å². The van der Waals surface area contributed by atoms with Crippen LogP contribution in [0.25, 0.3) is 0 Å². The molecular weight excluding hydrogens is 290 g/mol. The molecule has 1 aromatic carbocycles. The van der Waals surface area contributed by atoms with E-state index in [2.05, 4.69) is 12.2 Å². The first-order chi connectivity index (χ1) is 11.1. The molecule has 1 aliphatic carbocycles. The van der Waals surface area contributed by atoms with Crippen LogP contribution in [0.3, 0.4) is 0 Å². The minimum Gasteiger partial charge on any atom is -0.451 e. The first-order valence-electron chi connectivity index (χ1n) is 8.41. The summed E-state index contributed by atoms with van der Waals surface area (Å²) in [6.45, 7) is 3.77. The highest BCUT2D eigenvalue weighted by molar-refractivity contribution is 6.12. The number of carbonyl (C=O) groups excluding carboxylic acids is 2. The monoisotopic (exact) mass is 313 g/mol. The summed E-state index contributed by atoms with van der Waals surface area (Å²) in [5, 5.41) is 2.95. The van der Waals surface area contributed by atoms with Crippen LogP contribution in [0.4, 0.5) is 5.69 Å². The van der Waals surface area contributed by atoms with Crippen LogP contribution in [0, 0.1) is 0 Å². The lowest BCUT2D eigenvalue weighted by Gasteiger charge is -2.34. The van der Waals surface area contributed by atoms with Gasteiger partial charge in [0, 0.05) is 11.3 Å². The van der Waals surface area contributed by atoms with E-state index in [-0.39, 0.29) is 11.9 Å². The Bertz CT molecular complexity index is 669. The predicted octanol–water partition coefficient (Wildman–Crippen LogP) is 3.76. The maximum absolute atomic E-state index is 12.8. The number of nitrogens with one attached hydrogen (secondary N) is 1. The third kappa shape index (κ3) is 2.90. The molecule has 1 amide bonds. The topological polar surface area (TPSA) is 55.4 Å². The van der Waals surface area contributed by atoms with E-state index >= 15 is 0 Å². The Hall–Kier alpha value is -2.10. The first-order valence-corrected chi connectivity index (χ1v) is 8.41. The number of anilines is 1.